The topological polar surface area (TPSA) is 12.0 Å². The molecule has 0 aliphatic rings. The maximum atomic E-state index is 13.6. The van der Waals surface area contributed by atoms with Crippen LogP contribution in [-0.2, 0) is 0 Å². The second kappa shape index (κ2) is 7.03. The van der Waals surface area contributed by atoms with Crippen LogP contribution in [0.5, 0.6) is 0 Å². The van der Waals surface area contributed by atoms with Crippen LogP contribution in [0.2, 0.25) is 0 Å². The molecule has 0 radical (unpaired) electrons. The Hall–Kier alpha value is -1.40. The van der Waals surface area contributed by atoms with Crippen molar-refractivity contribution in [3.63, 3.8) is 0 Å². The van der Waals surface area contributed by atoms with Gasteiger partial charge >= 0.3 is 0 Å². The van der Waals surface area contributed by atoms with Crippen LogP contribution in [-0.4, -0.2) is 6.54 Å². The van der Waals surface area contributed by atoms with Crippen molar-refractivity contribution in [1.29, 1.82) is 0 Å². The minimum Gasteiger partial charge on any atom is -0.309 e. The van der Waals surface area contributed by atoms with E-state index in [2.05, 4.69) is 17.2 Å². The Morgan fingerprint density at radius 2 is 2.12 bits per heavy atom. The molecule has 0 fully saturated rings. The van der Waals surface area contributed by atoms with Crippen molar-refractivity contribution in [3.8, 4) is 11.8 Å². The second-order valence-electron chi connectivity index (χ2n) is 3.78. The average molecular weight is 237 g/mol. The van der Waals surface area contributed by atoms with Gasteiger partial charge in [-0.3, -0.25) is 0 Å². The van der Waals surface area contributed by atoms with Crippen LogP contribution in [0.4, 0.5) is 8.78 Å². The molecular weight excluding hydrogens is 220 g/mol. The van der Waals surface area contributed by atoms with Gasteiger partial charge in [0.2, 0.25) is 0 Å². The van der Waals surface area contributed by atoms with Crippen molar-refractivity contribution < 1.29 is 8.78 Å². The molecule has 0 saturated carbocycles. The first-order valence-corrected chi connectivity index (χ1v) is 5.77. The lowest BCUT2D eigenvalue weighted by molar-refractivity contribution is 0.464. The number of benzene rings is 1. The normalized spacial score (nSPS) is 11.8. The molecule has 0 saturated heterocycles. The van der Waals surface area contributed by atoms with Crippen molar-refractivity contribution in [2.75, 3.05) is 6.54 Å². The Morgan fingerprint density at radius 1 is 1.35 bits per heavy atom. The van der Waals surface area contributed by atoms with E-state index in [0.717, 1.165) is 19.0 Å². The Morgan fingerprint density at radius 3 is 2.76 bits per heavy atom. The van der Waals surface area contributed by atoms with Crippen molar-refractivity contribution in [2.24, 2.45) is 0 Å². The minimum atomic E-state index is -0.810. The Labute approximate surface area is 101 Å². The van der Waals surface area contributed by atoms with E-state index in [0.29, 0.717) is 12.0 Å². The lowest BCUT2D eigenvalue weighted by Gasteiger charge is -2.17. The molecule has 0 bridgehead atoms. The number of hydrogen-bond acceptors (Lipinski definition) is 1. The molecule has 0 aliphatic carbocycles. The van der Waals surface area contributed by atoms with Gasteiger partial charge in [0, 0.05) is 18.0 Å². The van der Waals surface area contributed by atoms with E-state index in [1.807, 2.05) is 6.92 Å². The molecule has 1 rings (SSSR count). The van der Waals surface area contributed by atoms with Gasteiger partial charge in [0.15, 0.2) is 11.6 Å². The summed E-state index contributed by atoms with van der Waals surface area (Å²) in [6.45, 7) is 4.52. The van der Waals surface area contributed by atoms with Crippen LogP contribution in [0.15, 0.2) is 18.2 Å². The predicted molar refractivity (Wildman–Crippen MR) is 65.5 cm³/mol. The summed E-state index contributed by atoms with van der Waals surface area (Å²) in [5, 5.41) is 3.18. The molecule has 1 aromatic carbocycles. The molecule has 1 atom stereocenters. The van der Waals surface area contributed by atoms with Crippen molar-refractivity contribution in [3.05, 3.63) is 35.4 Å². The number of hydrogen-bond donors (Lipinski definition) is 1. The summed E-state index contributed by atoms with van der Waals surface area (Å²) in [5.74, 6) is 4.08. The highest BCUT2D eigenvalue weighted by Crippen LogP contribution is 2.21. The molecule has 92 valence electrons. The molecule has 1 unspecified atom stereocenters. The van der Waals surface area contributed by atoms with Gasteiger partial charge in [0.1, 0.15) is 0 Å². The average Bonchev–Trinajstić information content (AvgIpc) is 2.34. The third-order valence-electron chi connectivity index (χ3n) is 2.48. The van der Waals surface area contributed by atoms with Gasteiger partial charge in [0.05, 0.1) is 0 Å². The molecule has 3 heteroatoms. The zero-order valence-corrected chi connectivity index (χ0v) is 10.2. The van der Waals surface area contributed by atoms with Crippen molar-refractivity contribution in [1.82, 2.24) is 5.32 Å². The standard InChI is InChI=1S/C14H17F2N/c1-3-5-9-13(17-10-4-2)11-7-6-8-12(15)14(11)16/h6-8,13,17H,4,9-10H2,1-2H3. The highest BCUT2D eigenvalue weighted by molar-refractivity contribution is 5.24. The molecule has 0 heterocycles. The number of halogens is 2. The van der Waals surface area contributed by atoms with E-state index in [4.69, 9.17) is 0 Å². The van der Waals surface area contributed by atoms with E-state index in [1.54, 1.807) is 13.0 Å². The minimum absolute atomic E-state index is 0.252. The van der Waals surface area contributed by atoms with Gasteiger partial charge in [-0.1, -0.05) is 19.1 Å². The van der Waals surface area contributed by atoms with Gasteiger partial charge in [-0.05, 0) is 26.0 Å². The molecule has 0 aromatic heterocycles. The third-order valence-corrected chi connectivity index (χ3v) is 2.48. The fraction of sp³-hybridized carbons (Fsp3) is 0.429. The summed E-state index contributed by atoms with van der Waals surface area (Å²) in [7, 11) is 0. The highest BCUT2D eigenvalue weighted by atomic mass is 19.2. The van der Waals surface area contributed by atoms with Crippen LogP contribution in [0.3, 0.4) is 0 Å². The molecule has 1 nitrogen and oxygen atoms in total. The van der Waals surface area contributed by atoms with Crippen molar-refractivity contribution in [2.45, 2.75) is 32.7 Å². The van der Waals surface area contributed by atoms with Gasteiger partial charge in [0.25, 0.3) is 0 Å². The molecule has 0 amide bonds. The SMILES string of the molecule is CC#CCC(NCCC)c1cccc(F)c1F. The van der Waals surface area contributed by atoms with E-state index < -0.39 is 11.6 Å². The monoisotopic (exact) mass is 237 g/mol. The van der Waals surface area contributed by atoms with Gasteiger partial charge < -0.3 is 5.32 Å². The maximum Gasteiger partial charge on any atom is 0.163 e. The predicted octanol–water partition coefficient (Wildman–Crippen LogP) is 3.42. The molecule has 1 N–H and O–H groups in total. The fourth-order valence-electron chi connectivity index (χ4n) is 1.60. The zero-order valence-electron chi connectivity index (χ0n) is 10.2. The van der Waals surface area contributed by atoms with E-state index >= 15 is 0 Å². The Kier molecular flexibility index (Phi) is 5.65. The van der Waals surface area contributed by atoms with Crippen molar-refractivity contribution >= 4 is 0 Å². The Bertz CT molecular complexity index is 418. The fourth-order valence-corrected chi connectivity index (χ4v) is 1.60. The van der Waals surface area contributed by atoms with E-state index in [9.17, 15) is 8.78 Å². The summed E-state index contributed by atoms with van der Waals surface area (Å²) in [6.07, 6.45) is 1.42. The maximum absolute atomic E-state index is 13.6. The molecule has 17 heavy (non-hydrogen) atoms. The summed E-state index contributed by atoms with van der Waals surface area (Å²) < 4.78 is 26.8. The first kappa shape index (κ1) is 13.7. The van der Waals surface area contributed by atoms with Crippen LogP contribution in [0, 0.1) is 23.5 Å². The molecular formula is C14H17F2N. The first-order valence-electron chi connectivity index (χ1n) is 5.77. The third kappa shape index (κ3) is 3.83. The van der Waals surface area contributed by atoms with Crippen LogP contribution in [0.1, 0.15) is 38.3 Å². The van der Waals surface area contributed by atoms with Gasteiger partial charge in [-0.15, -0.1) is 11.8 Å². The number of nitrogens with one attached hydrogen (secondary N) is 1. The molecule has 0 aliphatic heterocycles. The van der Waals surface area contributed by atoms with Crippen LogP contribution in [0.25, 0.3) is 0 Å². The quantitative estimate of drug-likeness (QED) is 0.774. The largest absolute Gasteiger partial charge is 0.309 e. The summed E-state index contributed by atoms with van der Waals surface area (Å²) in [6, 6.07) is 4.00. The van der Waals surface area contributed by atoms with Crippen LogP contribution < -0.4 is 5.32 Å². The Balaban J connectivity index is 2.93. The molecule has 0 spiro atoms. The summed E-state index contributed by atoms with van der Waals surface area (Å²) >= 11 is 0. The van der Waals surface area contributed by atoms with E-state index in [-0.39, 0.29) is 6.04 Å². The molecule has 1 aromatic rings. The van der Waals surface area contributed by atoms with Gasteiger partial charge in [-0.2, -0.15) is 0 Å². The summed E-state index contributed by atoms with van der Waals surface area (Å²) in [5.41, 5.74) is 0.348. The highest BCUT2D eigenvalue weighted by Gasteiger charge is 2.16. The first-order chi connectivity index (χ1) is 8.20. The smallest absolute Gasteiger partial charge is 0.163 e. The summed E-state index contributed by atoms with van der Waals surface area (Å²) in [4.78, 5) is 0. The lowest BCUT2D eigenvalue weighted by Crippen LogP contribution is -2.23. The van der Waals surface area contributed by atoms with E-state index in [1.165, 1.54) is 6.07 Å². The second-order valence-corrected chi connectivity index (χ2v) is 3.78. The number of rotatable bonds is 5. The lowest BCUT2D eigenvalue weighted by atomic mass is 10.0. The van der Waals surface area contributed by atoms with Gasteiger partial charge in [-0.25, -0.2) is 8.78 Å². The zero-order chi connectivity index (χ0) is 12.7. The van der Waals surface area contributed by atoms with Crippen LogP contribution >= 0.6 is 0 Å².